The molecule has 7 atom stereocenters. The number of aliphatic hydroxyl groups is 1. The van der Waals surface area contributed by atoms with Gasteiger partial charge >= 0.3 is 0 Å². The van der Waals surface area contributed by atoms with Gasteiger partial charge in [0.25, 0.3) is 0 Å². The van der Waals surface area contributed by atoms with Gasteiger partial charge in [-0.1, -0.05) is 25.5 Å². The van der Waals surface area contributed by atoms with E-state index in [1.54, 1.807) is 5.57 Å². The Morgan fingerprint density at radius 3 is 2.48 bits per heavy atom. The second-order valence-corrected chi connectivity index (χ2v) is 10.2. The molecule has 0 amide bonds. The molecule has 4 saturated carbocycles. The summed E-state index contributed by atoms with van der Waals surface area (Å²) >= 11 is 0. The summed E-state index contributed by atoms with van der Waals surface area (Å²) in [6, 6.07) is 0. The van der Waals surface area contributed by atoms with E-state index in [9.17, 15) is 5.11 Å². The van der Waals surface area contributed by atoms with Crippen LogP contribution in [0.25, 0.3) is 0 Å². The van der Waals surface area contributed by atoms with E-state index >= 15 is 0 Å². The van der Waals surface area contributed by atoms with Gasteiger partial charge in [0.05, 0.1) is 5.60 Å². The van der Waals surface area contributed by atoms with E-state index in [0.29, 0.717) is 10.8 Å². The fourth-order valence-electron chi connectivity index (χ4n) is 7.75. The van der Waals surface area contributed by atoms with Gasteiger partial charge in [-0.15, -0.1) is 0 Å². The van der Waals surface area contributed by atoms with E-state index in [-0.39, 0.29) is 0 Å². The van der Waals surface area contributed by atoms with Crippen LogP contribution in [0.3, 0.4) is 0 Å². The first-order chi connectivity index (χ1) is 10.8. The van der Waals surface area contributed by atoms with Crippen LogP contribution in [0.4, 0.5) is 0 Å². The van der Waals surface area contributed by atoms with E-state index in [4.69, 9.17) is 0 Å². The van der Waals surface area contributed by atoms with Crippen molar-refractivity contribution in [1.29, 1.82) is 0 Å². The van der Waals surface area contributed by atoms with Crippen molar-refractivity contribution < 1.29 is 5.11 Å². The summed E-state index contributed by atoms with van der Waals surface area (Å²) in [6.07, 6.45) is 14.2. The summed E-state index contributed by atoms with van der Waals surface area (Å²) < 4.78 is 0. The molecule has 1 nitrogen and oxygen atoms in total. The molecule has 0 aromatic carbocycles. The van der Waals surface area contributed by atoms with Gasteiger partial charge in [0.15, 0.2) is 0 Å². The Bertz CT molecular complexity index is 518. The lowest BCUT2D eigenvalue weighted by molar-refractivity contribution is -0.139. The Balaban J connectivity index is 1.63. The molecule has 0 saturated heterocycles. The fraction of sp³-hybridized carbons (Fsp3) is 0.909. The van der Waals surface area contributed by atoms with Gasteiger partial charge in [-0.05, 0) is 106 Å². The van der Waals surface area contributed by atoms with Crippen molar-refractivity contribution in [3.63, 3.8) is 0 Å². The average molecular weight is 317 g/mol. The molecule has 0 aromatic rings. The van der Waals surface area contributed by atoms with Crippen molar-refractivity contribution >= 4 is 0 Å². The number of allylic oxidation sites excluding steroid dienone is 2. The molecule has 0 aliphatic heterocycles. The lowest BCUT2D eigenvalue weighted by Crippen LogP contribution is -2.55. The van der Waals surface area contributed by atoms with Gasteiger partial charge in [-0.25, -0.2) is 0 Å². The monoisotopic (exact) mass is 316 g/mol. The Morgan fingerprint density at radius 2 is 1.74 bits per heavy atom. The molecule has 1 heteroatoms. The minimum Gasteiger partial charge on any atom is -0.390 e. The highest BCUT2D eigenvalue weighted by atomic mass is 16.3. The van der Waals surface area contributed by atoms with Crippen LogP contribution in [0.1, 0.15) is 85.5 Å². The van der Waals surface area contributed by atoms with E-state index in [1.807, 2.05) is 0 Å². The predicted octanol–water partition coefficient (Wildman–Crippen LogP) is 5.73. The maximum atomic E-state index is 10.6. The minimum absolute atomic E-state index is 0.397. The van der Waals surface area contributed by atoms with Gasteiger partial charge in [-0.2, -0.15) is 0 Å². The van der Waals surface area contributed by atoms with Crippen molar-refractivity contribution in [2.24, 2.45) is 34.5 Å². The summed E-state index contributed by atoms with van der Waals surface area (Å²) in [6.45, 7) is 9.51. The molecular weight excluding hydrogens is 280 g/mol. The maximum Gasteiger partial charge on any atom is 0.0622 e. The van der Waals surface area contributed by atoms with Crippen LogP contribution in [-0.4, -0.2) is 10.7 Å². The van der Waals surface area contributed by atoms with Crippen molar-refractivity contribution in [3.05, 3.63) is 11.6 Å². The van der Waals surface area contributed by atoms with Crippen LogP contribution in [-0.2, 0) is 0 Å². The normalized spacial score (nSPS) is 57.7. The van der Waals surface area contributed by atoms with Gasteiger partial charge in [0.1, 0.15) is 0 Å². The molecule has 23 heavy (non-hydrogen) atoms. The summed E-state index contributed by atoms with van der Waals surface area (Å²) in [5.74, 6) is 3.58. The molecule has 0 unspecified atom stereocenters. The second kappa shape index (κ2) is 5.10. The van der Waals surface area contributed by atoms with Crippen molar-refractivity contribution in [1.82, 2.24) is 0 Å². The summed E-state index contributed by atoms with van der Waals surface area (Å²) in [5, 5.41) is 10.6. The van der Waals surface area contributed by atoms with Gasteiger partial charge in [-0.3, -0.25) is 0 Å². The highest BCUT2D eigenvalue weighted by Gasteiger charge is 2.59. The average Bonchev–Trinajstić information content (AvgIpc) is 2.84. The first-order valence-electron chi connectivity index (χ1n) is 10.2. The molecule has 0 aromatic heterocycles. The first kappa shape index (κ1) is 16.2. The third-order valence-corrected chi connectivity index (χ3v) is 9.15. The molecule has 0 bridgehead atoms. The van der Waals surface area contributed by atoms with E-state index in [0.717, 1.165) is 36.5 Å². The van der Waals surface area contributed by atoms with E-state index < -0.39 is 5.60 Å². The molecule has 4 rings (SSSR count). The zero-order valence-electron chi connectivity index (χ0n) is 15.7. The second-order valence-electron chi connectivity index (χ2n) is 10.2. The maximum absolute atomic E-state index is 10.6. The molecule has 4 fully saturated rings. The van der Waals surface area contributed by atoms with Crippen molar-refractivity contribution in [2.45, 2.75) is 91.1 Å². The third-order valence-electron chi connectivity index (χ3n) is 9.15. The van der Waals surface area contributed by atoms with Crippen LogP contribution >= 0.6 is 0 Å². The molecule has 130 valence electrons. The van der Waals surface area contributed by atoms with Crippen LogP contribution in [0.2, 0.25) is 0 Å². The number of hydrogen-bond donors (Lipinski definition) is 1. The zero-order valence-corrected chi connectivity index (χ0v) is 15.7. The fourth-order valence-corrected chi connectivity index (χ4v) is 7.75. The summed E-state index contributed by atoms with van der Waals surface area (Å²) in [5.41, 5.74) is 2.38. The Hall–Kier alpha value is -0.300. The van der Waals surface area contributed by atoms with Gasteiger partial charge < -0.3 is 5.11 Å². The molecule has 0 radical (unpaired) electrons. The largest absolute Gasteiger partial charge is 0.390 e. The van der Waals surface area contributed by atoms with Crippen molar-refractivity contribution in [3.8, 4) is 0 Å². The highest BCUT2D eigenvalue weighted by molar-refractivity contribution is 5.23. The van der Waals surface area contributed by atoms with Gasteiger partial charge in [0.2, 0.25) is 0 Å². The van der Waals surface area contributed by atoms with E-state index in [2.05, 4.69) is 33.8 Å². The van der Waals surface area contributed by atoms with Crippen LogP contribution in [0.15, 0.2) is 11.6 Å². The Morgan fingerprint density at radius 1 is 0.957 bits per heavy atom. The lowest BCUT2D eigenvalue weighted by atomic mass is 9.44. The molecule has 4 aliphatic rings. The summed E-state index contributed by atoms with van der Waals surface area (Å²) in [4.78, 5) is 0. The van der Waals surface area contributed by atoms with Crippen LogP contribution < -0.4 is 0 Å². The van der Waals surface area contributed by atoms with Crippen LogP contribution in [0.5, 0.6) is 0 Å². The standard InChI is InChI=1S/C22H36O/c1-5-15-7-9-18-17-8-6-16-14-20(2,23)12-13-22(16,4)19(17)10-11-21(15,18)3/h5,16-19,23H,6-14H2,1-4H3/t16-,17-,18-,19-,20-,21+,22-/m0/s1. The quantitative estimate of drug-likeness (QED) is 0.566. The molecule has 0 heterocycles. The van der Waals surface area contributed by atoms with Crippen molar-refractivity contribution in [2.75, 3.05) is 0 Å². The van der Waals surface area contributed by atoms with Crippen LogP contribution in [0, 0.1) is 34.5 Å². The Labute approximate surface area is 142 Å². The minimum atomic E-state index is -0.397. The predicted molar refractivity (Wildman–Crippen MR) is 96.1 cm³/mol. The topological polar surface area (TPSA) is 20.2 Å². The number of fused-ring (bicyclic) bond motifs is 5. The smallest absolute Gasteiger partial charge is 0.0622 e. The molecule has 1 N–H and O–H groups in total. The molecule has 4 aliphatic carbocycles. The third kappa shape index (κ3) is 2.21. The first-order valence-corrected chi connectivity index (χ1v) is 10.2. The highest BCUT2D eigenvalue weighted by Crippen LogP contribution is 2.67. The summed E-state index contributed by atoms with van der Waals surface area (Å²) in [7, 11) is 0. The zero-order chi connectivity index (χ0) is 16.5. The lowest BCUT2D eigenvalue weighted by Gasteiger charge is -2.61. The molecular formula is C22H36O. The van der Waals surface area contributed by atoms with E-state index in [1.165, 1.54) is 44.9 Å². The molecule has 0 spiro atoms. The van der Waals surface area contributed by atoms with Gasteiger partial charge in [0, 0.05) is 0 Å². The SMILES string of the molecule is CC=C1CC[C@H]2[C@@H]3CC[C@H]4C[C@@](C)(O)CC[C@]4(C)[C@H]3CC[C@]12C. The number of hydrogen-bond acceptors (Lipinski definition) is 1. The Kier molecular flexibility index (Phi) is 3.59. The number of rotatable bonds is 0.